The molecule has 0 bridgehead atoms. The van der Waals surface area contributed by atoms with Crippen molar-refractivity contribution in [3.63, 3.8) is 0 Å². The van der Waals surface area contributed by atoms with Gasteiger partial charge in [0, 0.05) is 19.2 Å². The number of nitrogens with one attached hydrogen (secondary N) is 1. The van der Waals surface area contributed by atoms with Crippen LogP contribution >= 0.6 is 0 Å². The molecule has 0 aliphatic carbocycles. The Balaban J connectivity index is 2.14. The Hall–Kier alpha value is -0.900. The van der Waals surface area contributed by atoms with Crippen molar-refractivity contribution in [3.8, 4) is 0 Å². The fourth-order valence-electron chi connectivity index (χ4n) is 1.88. The molecule has 0 aromatic heterocycles. The maximum absolute atomic E-state index is 9.79. The van der Waals surface area contributed by atoms with Crippen molar-refractivity contribution in [1.82, 2.24) is 5.32 Å². The molecule has 0 heterocycles. The third kappa shape index (κ3) is 7.98. The van der Waals surface area contributed by atoms with Gasteiger partial charge in [-0.3, -0.25) is 0 Å². The molecule has 0 amide bonds. The largest absolute Gasteiger partial charge is 0.389 e. The summed E-state index contributed by atoms with van der Waals surface area (Å²) in [4.78, 5) is 0. The minimum atomic E-state index is -0.433. The van der Waals surface area contributed by atoms with Gasteiger partial charge in [0.2, 0.25) is 0 Å². The molecule has 1 rings (SSSR count). The van der Waals surface area contributed by atoms with Crippen LogP contribution in [-0.4, -0.2) is 37.0 Å². The van der Waals surface area contributed by atoms with E-state index in [1.165, 1.54) is 5.56 Å². The summed E-state index contributed by atoms with van der Waals surface area (Å²) in [5.74, 6) is 0.511. The number of benzene rings is 1. The molecule has 1 aromatic carbocycles. The lowest BCUT2D eigenvalue weighted by molar-refractivity contribution is 0.0252. The first-order valence-corrected chi connectivity index (χ1v) is 7.11. The summed E-state index contributed by atoms with van der Waals surface area (Å²) in [7, 11) is 0. The molecular formula is C16H27NO2. The zero-order valence-electron chi connectivity index (χ0n) is 12.3. The predicted molar refractivity (Wildman–Crippen MR) is 79.3 cm³/mol. The Morgan fingerprint density at radius 3 is 2.42 bits per heavy atom. The van der Waals surface area contributed by atoms with Gasteiger partial charge in [0.1, 0.15) is 0 Å². The standard InChI is InChI=1S/C16H27NO2/c1-13(2)11-19-12-16(18)10-17-14(3)9-15-7-5-4-6-8-15/h4-8,13-14,16-18H,9-12H2,1-3H3. The average molecular weight is 265 g/mol. The van der Waals surface area contributed by atoms with Crippen molar-refractivity contribution in [2.45, 2.75) is 39.3 Å². The van der Waals surface area contributed by atoms with Crippen molar-refractivity contribution in [2.24, 2.45) is 5.92 Å². The first kappa shape index (κ1) is 16.2. The molecular weight excluding hydrogens is 238 g/mol. The van der Waals surface area contributed by atoms with Gasteiger partial charge < -0.3 is 15.2 Å². The second kappa shape index (κ2) is 9.08. The molecule has 1 aromatic rings. The zero-order valence-corrected chi connectivity index (χ0v) is 12.3. The van der Waals surface area contributed by atoms with Crippen LogP contribution in [0.15, 0.2) is 30.3 Å². The van der Waals surface area contributed by atoms with Crippen LogP contribution in [0.5, 0.6) is 0 Å². The number of aliphatic hydroxyl groups is 1. The van der Waals surface area contributed by atoms with E-state index >= 15 is 0 Å². The van der Waals surface area contributed by atoms with E-state index in [0.29, 0.717) is 31.7 Å². The Morgan fingerprint density at radius 1 is 1.11 bits per heavy atom. The highest BCUT2D eigenvalue weighted by atomic mass is 16.5. The van der Waals surface area contributed by atoms with Crippen LogP contribution in [0.2, 0.25) is 0 Å². The number of aliphatic hydroxyl groups excluding tert-OH is 1. The van der Waals surface area contributed by atoms with Crippen LogP contribution in [-0.2, 0) is 11.2 Å². The molecule has 0 aliphatic rings. The van der Waals surface area contributed by atoms with Crippen LogP contribution in [0, 0.1) is 5.92 Å². The van der Waals surface area contributed by atoms with Crippen LogP contribution < -0.4 is 5.32 Å². The van der Waals surface area contributed by atoms with Gasteiger partial charge in [0.05, 0.1) is 12.7 Å². The molecule has 108 valence electrons. The summed E-state index contributed by atoms with van der Waals surface area (Å²) in [6.07, 6.45) is 0.539. The maximum Gasteiger partial charge on any atom is 0.0897 e. The fraction of sp³-hybridized carbons (Fsp3) is 0.625. The van der Waals surface area contributed by atoms with Crippen LogP contribution in [0.3, 0.4) is 0 Å². The summed E-state index contributed by atoms with van der Waals surface area (Å²) < 4.78 is 5.42. The van der Waals surface area contributed by atoms with Crippen molar-refractivity contribution >= 4 is 0 Å². The number of rotatable bonds is 9. The summed E-state index contributed by atoms with van der Waals surface area (Å²) in [5.41, 5.74) is 1.31. The highest BCUT2D eigenvalue weighted by molar-refractivity contribution is 5.15. The molecule has 0 radical (unpaired) electrons. The van der Waals surface area contributed by atoms with Crippen molar-refractivity contribution in [1.29, 1.82) is 0 Å². The fourth-order valence-corrected chi connectivity index (χ4v) is 1.88. The Kier molecular flexibility index (Phi) is 7.72. The monoisotopic (exact) mass is 265 g/mol. The average Bonchev–Trinajstić information content (AvgIpc) is 2.37. The van der Waals surface area contributed by atoms with E-state index in [2.05, 4.69) is 50.4 Å². The van der Waals surface area contributed by atoms with Gasteiger partial charge in [0.15, 0.2) is 0 Å². The van der Waals surface area contributed by atoms with Crippen LogP contribution in [0.1, 0.15) is 26.3 Å². The lowest BCUT2D eigenvalue weighted by Gasteiger charge is -2.17. The number of hydrogen-bond donors (Lipinski definition) is 2. The van der Waals surface area contributed by atoms with Crippen molar-refractivity contribution < 1.29 is 9.84 Å². The van der Waals surface area contributed by atoms with E-state index < -0.39 is 6.10 Å². The normalized spacial score (nSPS) is 14.6. The molecule has 0 saturated heterocycles. The summed E-state index contributed by atoms with van der Waals surface area (Å²) in [6.45, 7) is 8.03. The molecule has 3 nitrogen and oxygen atoms in total. The maximum atomic E-state index is 9.79. The molecule has 0 saturated carbocycles. The number of ether oxygens (including phenoxy) is 1. The minimum absolute atomic E-state index is 0.349. The van der Waals surface area contributed by atoms with Gasteiger partial charge >= 0.3 is 0 Å². The highest BCUT2D eigenvalue weighted by Gasteiger charge is 2.08. The van der Waals surface area contributed by atoms with Gasteiger partial charge in [-0.1, -0.05) is 44.2 Å². The zero-order chi connectivity index (χ0) is 14.1. The molecule has 2 atom stereocenters. The SMILES string of the molecule is CC(C)COCC(O)CNC(C)Cc1ccccc1. The molecule has 2 unspecified atom stereocenters. The predicted octanol–water partition coefficient (Wildman–Crippen LogP) is 2.24. The van der Waals surface area contributed by atoms with Crippen molar-refractivity contribution in [2.75, 3.05) is 19.8 Å². The highest BCUT2D eigenvalue weighted by Crippen LogP contribution is 2.02. The van der Waals surface area contributed by atoms with E-state index in [0.717, 1.165) is 6.42 Å². The lowest BCUT2D eigenvalue weighted by atomic mass is 10.1. The third-order valence-electron chi connectivity index (χ3n) is 2.85. The molecule has 0 fully saturated rings. The summed E-state index contributed by atoms with van der Waals surface area (Å²) in [6, 6.07) is 10.7. The van der Waals surface area contributed by atoms with Gasteiger partial charge in [-0.2, -0.15) is 0 Å². The smallest absolute Gasteiger partial charge is 0.0897 e. The third-order valence-corrected chi connectivity index (χ3v) is 2.85. The molecule has 3 heteroatoms. The first-order valence-electron chi connectivity index (χ1n) is 7.11. The van der Waals surface area contributed by atoms with E-state index in [4.69, 9.17) is 4.74 Å². The van der Waals surface area contributed by atoms with Gasteiger partial charge in [-0.05, 0) is 24.8 Å². The quantitative estimate of drug-likeness (QED) is 0.719. The van der Waals surface area contributed by atoms with Crippen molar-refractivity contribution in [3.05, 3.63) is 35.9 Å². The Labute approximate surface area is 117 Å². The molecule has 0 spiro atoms. The minimum Gasteiger partial charge on any atom is -0.389 e. The summed E-state index contributed by atoms with van der Waals surface area (Å²) >= 11 is 0. The number of hydrogen-bond acceptors (Lipinski definition) is 3. The van der Waals surface area contributed by atoms with E-state index in [9.17, 15) is 5.11 Å². The second-order valence-corrected chi connectivity index (χ2v) is 5.58. The second-order valence-electron chi connectivity index (χ2n) is 5.58. The Bertz CT molecular complexity index is 327. The molecule has 2 N–H and O–H groups in total. The molecule has 19 heavy (non-hydrogen) atoms. The van der Waals surface area contributed by atoms with Gasteiger partial charge in [0.25, 0.3) is 0 Å². The Morgan fingerprint density at radius 2 is 1.79 bits per heavy atom. The topological polar surface area (TPSA) is 41.5 Å². The van der Waals surface area contributed by atoms with Gasteiger partial charge in [-0.15, -0.1) is 0 Å². The van der Waals surface area contributed by atoms with Crippen LogP contribution in [0.4, 0.5) is 0 Å². The van der Waals surface area contributed by atoms with E-state index in [1.54, 1.807) is 0 Å². The first-order chi connectivity index (χ1) is 9.08. The van der Waals surface area contributed by atoms with E-state index in [-0.39, 0.29) is 0 Å². The lowest BCUT2D eigenvalue weighted by Crippen LogP contribution is -2.37. The van der Waals surface area contributed by atoms with E-state index in [1.807, 2.05) is 6.07 Å². The van der Waals surface area contributed by atoms with Crippen LogP contribution in [0.25, 0.3) is 0 Å². The molecule has 0 aliphatic heterocycles. The van der Waals surface area contributed by atoms with Gasteiger partial charge in [-0.25, -0.2) is 0 Å². The summed E-state index contributed by atoms with van der Waals surface area (Å²) in [5, 5.41) is 13.1.